The molecule has 2 heterocycles. The zero-order valence-corrected chi connectivity index (χ0v) is 14.1. The molecule has 4 unspecified atom stereocenters. The van der Waals surface area contributed by atoms with Crippen molar-refractivity contribution in [1.29, 1.82) is 0 Å². The summed E-state index contributed by atoms with van der Waals surface area (Å²) in [5, 5.41) is 29.0. The largest absolute Gasteiger partial charge is 0.463 e. The number of anilines is 1. The van der Waals surface area contributed by atoms with Crippen LogP contribution in [0.4, 0.5) is 5.82 Å². The topological polar surface area (TPSA) is 143 Å². The second kappa shape index (κ2) is 8.27. The molecule has 2 aromatic rings. The van der Waals surface area contributed by atoms with Gasteiger partial charge in [0.15, 0.2) is 12.0 Å². The summed E-state index contributed by atoms with van der Waals surface area (Å²) in [6, 6.07) is 10.3. The number of hydrogen-bond donors (Lipinski definition) is 4. The van der Waals surface area contributed by atoms with Gasteiger partial charge in [-0.25, -0.2) is 4.79 Å². The van der Waals surface area contributed by atoms with E-state index in [9.17, 15) is 19.8 Å². The Labute approximate surface area is 153 Å². The number of aromatic nitrogens is 2. The maximum Gasteiger partial charge on any atom is 0.351 e. The van der Waals surface area contributed by atoms with Gasteiger partial charge in [0, 0.05) is 6.20 Å². The summed E-state index contributed by atoms with van der Waals surface area (Å²) >= 11 is 0. The second-order valence-corrected chi connectivity index (χ2v) is 6.01. The Hall–Kier alpha value is -2.79. The van der Waals surface area contributed by atoms with E-state index in [2.05, 4.69) is 4.98 Å². The monoisotopic (exact) mass is 377 g/mol. The fourth-order valence-electron chi connectivity index (χ4n) is 2.75. The summed E-state index contributed by atoms with van der Waals surface area (Å²) < 4.78 is 11.6. The van der Waals surface area contributed by atoms with Crippen molar-refractivity contribution in [3.05, 3.63) is 58.6 Å². The highest BCUT2D eigenvalue weighted by atomic mass is 16.6. The van der Waals surface area contributed by atoms with Gasteiger partial charge in [0.25, 0.3) is 0 Å². The predicted octanol–water partition coefficient (Wildman–Crippen LogP) is -0.551. The molecule has 1 fully saturated rings. The van der Waals surface area contributed by atoms with Crippen LogP contribution in [0.5, 0.6) is 0 Å². The molecule has 0 spiro atoms. The Morgan fingerprint density at radius 3 is 2.63 bits per heavy atom. The van der Waals surface area contributed by atoms with E-state index in [1.54, 1.807) is 29.7 Å². The van der Waals surface area contributed by atoms with E-state index >= 15 is 0 Å². The smallest absolute Gasteiger partial charge is 0.351 e. The lowest BCUT2D eigenvalue weighted by Crippen LogP contribution is -2.36. The van der Waals surface area contributed by atoms with Crippen LogP contribution in [0.15, 0.2) is 47.4 Å². The Morgan fingerprint density at radius 1 is 1.22 bits per heavy atom. The van der Waals surface area contributed by atoms with E-state index in [0.717, 1.165) is 10.1 Å². The number of carbonyl (C=O) groups is 1. The van der Waals surface area contributed by atoms with E-state index in [0.29, 0.717) is 0 Å². The molecule has 4 N–H and O–H groups in total. The Bertz CT molecular complexity index is 842. The first kappa shape index (κ1) is 19.0. The van der Waals surface area contributed by atoms with Crippen molar-refractivity contribution >= 4 is 11.8 Å². The quantitative estimate of drug-likeness (QED) is 0.385. The van der Waals surface area contributed by atoms with E-state index < -0.39 is 36.2 Å². The molecule has 0 saturated carbocycles. The number of aliphatic hydroxyl groups is 2. The first-order valence-electron chi connectivity index (χ1n) is 8.20. The molecule has 1 saturated heterocycles. The number of rotatable bonds is 6. The van der Waals surface area contributed by atoms with E-state index in [4.69, 9.17) is 14.7 Å². The van der Waals surface area contributed by atoms with Gasteiger partial charge < -0.3 is 19.7 Å². The molecule has 3 rings (SSSR count). The highest BCUT2D eigenvalue weighted by Crippen LogP contribution is 2.28. The van der Waals surface area contributed by atoms with Crippen LogP contribution in [0.25, 0.3) is 0 Å². The average Bonchev–Trinajstić information content (AvgIpc) is 2.95. The number of benzene rings is 1. The molecule has 0 amide bonds. The SMILES string of the molecule is O=C(Cc1ccccc1)OCC1OC(n2ccc(NO)nc2=O)C(O)C1O. The average molecular weight is 377 g/mol. The van der Waals surface area contributed by atoms with Crippen LogP contribution in [0.1, 0.15) is 11.8 Å². The molecular formula is C17H19N3O7. The molecule has 1 aliphatic heterocycles. The normalized spacial score (nSPS) is 24.6. The molecule has 1 aromatic heterocycles. The van der Waals surface area contributed by atoms with Gasteiger partial charge in [0.05, 0.1) is 6.42 Å². The second-order valence-electron chi connectivity index (χ2n) is 6.01. The zero-order chi connectivity index (χ0) is 19.4. The molecule has 0 aliphatic carbocycles. The molecule has 0 bridgehead atoms. The van der Waals surface area contributed by atoms with Crippen molar-refractivity contribution < 1.29 is 29.7 Å². The van der Waals surface area contributed by atoms with Gasteiger partial charge in [0.1, 0.15) is 24.9 Å². The molecule has 10 heteroatoms. The fraction of sp³-hybridized carbons (Fsp3) is 0.353. The van der Waals surface area contributed by atoms with Crippen molar-refractivity contribution in [1.82, 2.24) is 9.55 Å². The van der Waals surface area contributed by atoms with E-state index in [1.165, 1.54) is 12.3 Å². The van der Waals surface area contributed by atoms with Gasteiger partial charge in [-0.2, -0.15) is 4.98 Å². The van der Waals surface area contributed by atoms with Crippen LogP contribution >= 0.6 is 0 Å². The lowest BCUT2D eigenvalue weighted by atomic mass is 10.1. The minimum Gasteiger partial charge on any atom is -0.463 e. The van der Waals surface area contributed by atoms with Crippen LogP contribution < -0.4 is 11.2 Å². The standard InChI is InChI=1S/C17H19N3O7/c21-13(8-10-4-2-1-3-5-10)26-9-11-14(22)15(23)16(27-11)20-7-6-12(19-25)18-17(20)24/h1-7,11,14-16,22-23,25H,8-9H2,(H,18,19,24). The van der Waals surface area contributed by atoms with Crippen molar-refractivity contribution in [2.75, 3.05) is 12.1 Å². The van der Waals surface area contributed by atoms with Gasteiger partial charge in [-0.1, -0.05) is 30.3 Å². The highest BCUT2D eigenvalue weighted by Gasteiger charge is 2.44. The third-order valence-electron chi connectivity index (χ3n) is 4.16. The van der Waals surface area contributed by atoms with Gasteiger partial charge in [-0.15, -0.1) is 0 Å². The predicted molar refractivity (Wildman–Crippen MR) is 90.9 cm³/mol. The number of nitrogens with one attached hydrogen (secondary N) is 1. The van der Waals surface area contributed by atoms with Crippen molar-refractivity contribution in [3.8, 4) is 0 Å². The van der Waals surface area contributed by atoms with Crippen LogP contribution in [0.2, 0.25) is 0 Å². The summed E-state index contributed by atoms with van der Waals surface area (Å²) in [6.45, 7) is -0.279. The number of nitrogens with zero attached hydrogens (tertiary/aromatic N) is 2. The van der Waals surface area contributed by atoms with Crippen molar-refractivity contribution in [2.45, 2.75) is 31.0 Å². The van der Waals surface area contributed by atoms with Crippen LogP contribution in [0, 0.1) is 0 Å². The van der Waals surface area contributed by atoms with Gasteiger partial charge in [0.2, 0.25) is 0 Å². The van der Waals surface area contributed by atoms with Gasteiger partial charge in [-0.05, 0) is 11.6 Å². The molecule has 4 atom stereocenters. The number of carbonyl (C=O) groups excluding carboxylic acids is 1. The third-order valence-corrected chi connectivity index (χ3v) is 4.16. The summed E-state index contributed by atoms with van der Waals surface area (Å²) in [6.07, 6.45) is -3.68. The number of hydrogen-bond acceptors (Lipinski definition) is 9. The molecule has 144 valence electrons. The third kappa shape index (κ3) is 4.31. The van der Waals surface area contributed by atoms with E-state index in [-0.39, 0.29) is 18.8 Å². The molecule has 1 aliphatic rings. The van der Waals surface area contributed by atoms with Crippen LogP contribution in [-0.4, -0.2) is 55.9 Å². The maximum absolute atomic E-state index is 12.0. The number of esters is 1. The minimum absolute atomic E-state index is 0.0641. The van der Waals surface area contributed by atoms with Gasteiger partial charge >= 0.3 is 11.7 Å². The maximum atomic E-state index is 12.0. The van der Waals surface area contributed by atoms with Gasteiger partial charge in [-0.3, -0.25) is 20.0 Å². The zero-order valence-electron chi connectivity index (χ0n) is 14.1. The van der Waals surface area contributed by atoms with Crippen molar-refractivity contribution in [2.24, 2.45) is 0 Å². The van der Waals surface area contributed by atoms with E-state index in [1.807, 2.05) is 6.07 Å². The molecule has 10 nitrogen and oxygen atoms in total. The van der Waals surface area contributed by atoms with Crippen LogP contribution in [0.3, 0.4) is 0 Å². The number of aliphatic hydroxyl groups excluding tert-OH is 2. The summed E-state index contributed by atoms with van der Waals surface area (Å²) in [5.41, 5.74) is 1.71. The first-order chi connectivity index (χ1) is 13.0. The summed E-state index contributed by atoms with van der Waals surface area (Å²) in [7, 11) is 0. The summed E-state index contributed by atoms with van der Waals surface area (Å²) in [4.78, 5) is 27.4. The Balaban J connectivity index is 1.61. The van der Waals surface area contributed by atoms with Crippen molar-refractivity contribution in [3.63, 3.8) is 0 Å². The molecule has 0 radical (unpaired) electrons. The molecular weight excluding hydrogens is 358 g/mol. The molecule has 1 aromatic carbocycles. The Kier molecular flexibility index (Phi) is 5.81. The molecule has 27 heavy (non-hydrogen) atoms. The highest BCUT2D eigenvalue weighted by molar-refractivity contribution is 5.72. The lowest BCUT2D eigenvalue weighted by Gasteiger charge is -2.17. The fourth-order valence-corrected chi connectivity index (χ4v) is 2.75. The lowest BCUT2D eigenvalue weighted by molar-refractivity contribution is -0.149. The minimum atomic E-state index is -1.42. The number of ether oxygens (including phenoxy) is 2. The first-order valence-corrected chi connectivity index (χ1v) is 8.20. The van der Waals surface area contributed by atoms with Crippen LogP contribution in [-0.2, 0) is 20.7 Å². The summed E-state index contributed by atoms with van der Waals surface area (Å²) in [5.74, 6) is -0.581. The Morgan fingerprint density at radius 2 is 1.96 bits per heavy atom.